The fourth-order valence-corrected chi connectivity index (χ4v) is 3.97. The van der Waals surface area contributed by atoms with E-state index in [-0.39, 0.29) is 23.0 Å². The highest BCUT2D eigenvalue weighted by Gasteiger charge is 2.70. The molecule has 0 bridgehead atoms. The van der Waals surface area contributed by atoms with Crippen LogP contribution in [0.2, 0.25) is 0 Å². The average Bonchev–Trinajstić information content (AvgIpc) is 2.54. The number of rotatable bonds is 4. The van der Waals surface area contributed by atoms with Gasteiger partial charge in [-0.25, -0.2) is 0 Å². The number of hydrogen-bond donors (Lipinski definition) is 1. The van der Waals surface area contributed by atoms with E-state index in [9.17, 15) is 4.79 Å². The topological polar surface area (TPSA) is 32.3 Å². The van der Waals surface area contributed by atoms with Crippen molar-refractivity contribution in [2.45, 2.75) is 80.1 Å². The molecule has 1 aliphatic carbocycles. The Morgan fingerprint density at radius 2 is 1.60 bits per heavy atom. The van der Waals surface area contributed by atoms with E-state index in [0.29, 0.717) is 23.8 Å². The molecule has 1 N–H and O–H groups in total. The van der Waals surface area contributed by atoms with Crippen LogP contribution in [0.5, 0.6) is 0 Å². The highest BCUT2D eigenvalue weighted by molar-refractivity contribution is 5.85. The summed E-state index contributed by atoms with van der Waals surface area (Å²) in [6, 6.07) is 0.370. The summed E-state index contributed by atoms with van der Waals surface area (Å²) in [7, 11) is 0. The molecule has 2 unspecified atom stereocenters. The molecular weight excluding hydrogens is 248 g/mol. The van der Waals surface area contributed by atoms with E-state index in [2.05, 4.69) is 65.6 Å². The van der Waals surface area contributed by atoms with Crippen molar-refractivity contribution in [3.63, 3.8) is 0 Å². The molecule has 0 aromatic carbocycles. The van der Waals surface area contributed by atoms with Gasteiger partial charge in [-0.2, -0.15) is 0 Å². The van der Waals surface area contributed by atoms with Crippen molar-refractivity contribution in [1.82, 2.24) is 10.2 Å². The Morgan fingerprint density at radius 3 is 1.95 bits per heavy atom. The molecule has 2 fully saturated rings. The van der Waals surface area contributed by atoms with Crippen molar-refractivity contribution in [2.75, 3.05) is 0 Å². The van der Waals surface area contributed by atoms with Gasteiger partial charge in [0, 0.05) is 6.04 Å². The maximum absolute atomic E-state index is 12.9. The standard InChI is InChI=1S/C17H32N2O/c1-10(2)9-12-14(20)19(13(18-12)11(3)4)15-16(5,6)17(15,7)8/h10-13,15,18H,9H2,1-8H3. The Labute approximate surface area is 124 Å². The molecule has 1 heterocycles. The average molecular weight is 280 g/mol. The fourth-order valence-electron chi connectivity index (χ4n) is 3.97. The van der Waals surface area contributed by atoms with Crippen LogP contribution in [0.15, 0.2) is 0 Å². The van der Waals surface area contributed by atoms with Crippen LogP contribution in [0.3, 0.4) is 0 Å². The van der Waals surface area contributed by atoms with Crippen LogP contribution < -0.4 is 5.32 Å². The molecule has 1 saturated heterocycles. The van der Waals surface area contributed by atoms with Crippen molar-refractivity contribution in [3.05, 3.63) is 0 Å². The van der Waals surface area contributed by atoms with Crippen LogP contribution in [0.4, 0.5) is 0 Å². The minimum absolute atomic E-state index is 0.00889. The summed E-state index contributed by atoms with van der Waals surface area (Å²) in [5.41, 5.74) is 0.425. The van der Waals surface area contributed by atoms with Gasteiger partial charge in [-0.05, 0) is 29.1 Å². The lowest BCUT2D eigenvalue weighted by Crippen LogP contribution is -2.44. The molecule has 3 heteroatoms. The van der Waals surface area contributed by atoms with Gasteiger partial charge in [-0.1, -0.05) is 55.4 Å². The normalized spacial score (nSPS) is 32.5. The molecule has 0 aromatic heterocycles. The Kier molecular flexibility index (Phi) is 3.73. The monoisotopic (exact) mass is 280 g/mol. The Balaban J connectivity index is 2.24. The van der Waals surface area contributed by atoms with Crippen LogP contribution in [0.25, 0.3) is 0 Å². The minimum Gasteiger partial charge on any atom is -0.321 e. The molecule has 20 heavy (non-hydrogen) atoms. The van der Waals surface area contributed by atoms with Crippen LogP contribution in [0.1, 0.15) is 61.8 Å². The largest absolute Gasteiger partial charge is 0.321 e. The van der Waals surface area contributed by atoms with Gasteiger partial charge in [-0.15, -0.1) is 0 Å². The van der Waals surface area contributed by atoms with E-state index in [1.165, 1.54) is 0 Å². The van der Waals surface area contributed by atoms with Gasteiger partial charge in [0.15, 0.2) is 0 Å². The minimum atomic E-state index is 0.00889. The van der Waals surface area contributed by atoms with Crippen LogP contribution in [-0.2, 0) is 4.79 Å². The summed E-state index contributed by atoms with van der Waals surface area (Å²) in [6.45, 7) is 17.9. The molecule has 0 aromatic rings. The summed E-state index contributed by atoms with van der Waals surface area (Å²) in [5.74, 6) is 1.31. The van der Waals surface area contributed by atoms with Gasteiger partial charge >= 0.3 is 0 Å². The summed E-state index contributed by atoms with van der Waals surface area (Å²) >= 11 is 0. The zero-order chi connectivity index (χ0) is 15.5. The Hall–Kier alpha value is -0.570. The second-order valence-corrected chi connectivity index (χ2v) is 8.63. The number of hydrogen-bond acceptors (Lipinski definition) is 2. The van der Waals surface area contributed by atoms with Crippen LogP contribution >= 0.6 is 0 Å². The lowest BCUT2D eigenvalue weighted by atomic mass is 10.0. The predicted molar refractivity (Wildman–Crippen MR) is 83.2 cm³/mol. The smallest absolute Gasteiger partial charge is 0.241 e. The first-order valence-electron chi connectivity index (χ1n) is 8.10. The second-order valence-electron chi connectivity index (χ2n) is 8.63. The third-order valence-corrected chi connectivity index (χ3v) is 5.79. The Bertz CT molecular complexity index is 384. The second kappa shape index (κ2) is 4.72. The van der Waals surface area contributed by atoms with Crippen molar-refractivity contribution >= 4 is 5.91 Å². The molecule has 1 aliphatic heterocycles. The van der Waals surface area contributed by atoms with E-state index in [4.69, 9.17) is 0 Å². The first-order chi connectivity index (χ1) is 9.01. The Morgan fingerprint density at radius 1 is 1.10 bits per heavy atom. The SMILES string of the molecule is CC(C)CC1NC(C(C)C)N(C2C(C)(C)C2(C)C)C1=O. The fraction of sp³-hybridized carbons (Fsp3) is 0.941. The number of nitrogens with one attached hydrogen (secondary N) is 1. The van der Waals surface area contributed by atoms with Gasteiger partial charge < -0.3 is 4.90 Å². The van der Waals surface area contributed by atoms with Crippen molar-refractivity contribution in [3.8, 4) is 0 Å². The number of amides is 1. The molecule has 0 radical (unpaired) electrons. The van der Waals surface area contributed by atoms with Crippen LogP contribution in [0, 0.1) is 22.7 Å². The van der Waals surface area contributed by atoms with E-state index in [0.717, 1.165) is 6.42 Å². The molecule has 116 valence electrons. The number of nitrogens with zero attached hydrogens (tertiary/aromatic N) is 1. The highest BCUT2D eigenvalue weighted by atomic mass is 16.2. The summed E-state index contributed by atoms with van der Waals surface area (Å²) in [4.78, 5) is 15.1. The van der Waals surface area contributed by atoms with Crippen molar-refractivity contribution < 1.29 is 4.79 Å². The molecule has 0 spiro atoms. The molecule has 1 amide bonds. The quantitative estimate of drug-likeness (QED) is 0.857. The maximum atomic E-state index is 12.9. The third-order valence-electron chi connectivity index (χ3n) is 5.79. The maximum Gasteiger partial charge on any atom is 0.241 e. The van der Waals surface area contributed by atoms with Crippen LogP contribution in [-0.4, -0.2) is 29.1 Å². The van der Waals surface area contributed by atoms with Gasteiger partial charge in [0.2, 0.25) is 5.91 Å². The first-order valence-corrected chi connectivity index (χ1v) is 8.10. The molecule has 2 rings (SSSR count). The number of carbonyl (C=O) groups excluding carboxylic acids is 1. The summed E-state index contributed by atoms with van der Waals surface area (Å²) < 4.78 is 0. The number of carbonyl (C=O) groups is 1. The van der Waals surface area contributed by atoms with E-state index >= 15 is 0 Å². The summed E-state index contributed by atoms with van der Waals surface area (Å²) in [6.07, 6.45) is 1.13. The summed E-state index contributed by atoms with van der Waals surface area (Å²) in [5, 5.41) is 3.59. The molecule has 3 nitrogen and oxygen atoms in total. The van der Waals surface area contributed by atoms with Gasteiger partial charge in [0.05, 0.1) is 12.2 Å². The van der Waals surface area contributed by atoms with E-state index in [1.54, 1.807) is 0 Å². The lowest BCUT2D eigenvalue weighted by molar-refractivity contribution is -0.132. The third kappa shape index (κ3) is 2.18. The molecule has 2 atom stereocenters. The first kappa shape index (κ1) is 15.8. The predicted octanol–water partition coefficient (Wildman–Crippen LogP) is 3.25. The van der Waals surface area contributed by atoms with Crippen molar-refractivity contribution in [1.29, 1.82) is 0 Å². The lowest BCUT2D eigenvalue weighted by Gasteiger charge is -2.29. The zero-order valence-corrected chi connectivity index (χ0v) is 14.4. The highest BCUT2D eigenvalue weighted by Crippen LogP contribution is 2.66. The van der Waals surface area contributed by atoms with E-state index < -0.39 is 0 Å². The van der Waals surface area contributed by atoms with Crippen molar-refractivity contribution in [2.24, 2.45) is 22.7 Å². The van der Waals surface area contributed by atoms with Gasteiger partial charge in [0.1, 0.15) is 0 Å². The van der Waals surface area contributed by atoms with Gasteiger partial charge in [0.25, 0.3) is 0 Å². The van der Waals surface area contributed by atoms with E-state index in [1.807, 2.05) is 0 Å². The molecule has 1 saturated carbocycles. The van der Waals surface area contributed by atoms with Gasteiger partial charge in [-0.3, -0.25) is 10.1 Å². The zero-order valence-electron chi connectivity index (χ0n) is 14.4. The molecule has 2 aliphatic rings. The molecular formula is C17H32N2O.